The van der Waals surface area contributed by atoms with E-state index >= 15 is 0 Å². The number of nitrogens with zero attached hydrogens (tertiary/aromatic N) is 3. The Kier molecular flexibility index (Phi) is 3.10. The van der Waals surface area contributed by atoms with E-state index in [9.17, 15) is 9.59 Å². The maximum Gasteiger partial charge on any atom is 0.323 e. The van der Waals surface area contributed by atoms with Crippen molar-refractivity contribution in [3.05, 3.63) is 23.5 Å². The smallest absolute Gasteiger partial charge is 0.323 e. The monoisotopic (exact) mass is 253 g/mol. The summed E-state index contributed by atoms with van der Waals surface area (Å²) in [5.74, 6) is -1.24. The molecule has 1 amide bonds. The van der Waals surface area contributed by atoms with E-state index in [0.717, 1.165) is 10.7 Å². The molecule has 2 aromatic rings. The number of carbonyl (C=O) groups excluding carboxylic acids is 1. The molecule has 6 nitrogen and oxygen atoms in total. The molecule has 0 spiro atoms. The number of carboxylic acid groups (broad SMARTS) is 1. The molecule has 0 saturated carbocycles. The minimum Gasteiger partial charge on any atom is -0.480 e. The lowest BCUT2D eigenvalue weighted by molar-refractivity contribution is -0.143. The molecule has 90 valence electrons. The van der Waals surface area contributed by atoms with E-state index in [1.807, 2.05) is 9.78 Å². The van der Waals surface area contributed by atoms with E-state index in [1.165, 1.54) is 23.3 Å². The van der Waals surface area contributed by atoms with Crippen molar-refractivity contribution in [2.75, 3.05) is 13.6 Å². The molecule has 0 fully saturated rings. The molecule has 0 saturated heterocycles. The highest BCUT2D eigenvalue weighted by molar-refractivity contribution is 7.15. The summed E-state index contributed by atoms with van der Waals surface area (Å²) in [6.45, 7) is -0.282. The van der Waals surface area contributed by atoms with Gasteiger partial charge in [-0.1, -0.05) is 0 Å². The van der Waals surface area contributed by atoms with Crippen LogP contribution in [0.2, 0.25) is 0 Å². The van der Waals surface area contributed by atoms with Gasteiger partial charge < -0.3 is 10.0 Å². The molecule has 7 heteroatoms. The van der Waals surface area contributed by atoms with E-state index < -0.39 is 5.97 Å². The summed E-state index contributed by atoms with van der Waals surface area (Å²) in [4.78, 5) is 28.4. The SMILES string of the molecule is CN(CC(=O)O)C(=O)Cc1csc2nccn12. The highest BCUT2D eigenvalue weighted by atomic mass is 32.1. The Labute approximate surface area is 101 Å². The van der Waals surface area contributed by atoms with Crippen LogP contribution in [0.15, 0.2) is 17.8 Å². The van der Waals surface area contributed by atoms with Crippen molar-refractivity contribution in [2.45, 2.75) is 6.42 Å². The maximum absolute atomic E-state index is 11.7. The second-order valence-corrected chi connectivity index (χ2v) is 4.46. The van der Waals surface area contributed by atoms with Crippen LogP contribution < -0.4 is 0 Å². The topological polar surface area (TPSA) is 74.9 Å². The van der Waals surface area contributed by atoms with Gasteiger partial charge in [0.15, 0.2) is 4.96 Å². The molecule has 0 aliphatic rings. The number of thiazole rings is 1. The molecule has 17 heavy (non-hydrogen) atoms. The van der Waals surface area contributed by atoms with E-state index in [4.69, 9.17) is 5.11 Å². The van der Waals surface area contributed by atoms with Crippen LogP contribution in [0.1, 0.15) is 5.69 Å². The third kappa shape index (κ3) is 2.44. The van der Waals surface area contributed by atoms with E-state index in [0.29, 0.717) is 0 Å². The first-order chi connectivity index (χ1) is 8.08. The standard InChI is InChI=1S/C10H11N3O3S/c1-12(5-9(15)16)8(14)4-7-6-17-10-11-2-3-13(7)10/h2-3,6H,4-5H2,1H3,(H,15,16). The first-order valence-corrected chi connectivity index (χ1v) is 5.81. The van der Waals surface area contributed by atoms with Crippen LogP contribution in [-0.2, 0) is 16.0 Å². The lowest BCUT2D eigenvalue weighted by Crippen LogP contribution is -2.33. The van der Waals surface area contributed by atoms with Crippen LogP contribution in [-0.4, -0.2) is 44.9 Å². The summed E-state index contributed by atoms with van der Waals surface area (Å²) in [6, 6.07) is 0. The van der Waals surface area contributed by atoms with Gasteiger partial charge in [-0.05, 0) is 0 Å². The lowest BCUT2D eigenvalue weighted by Gasteiger charge is -2.13. The summed E-state index contributed by atoms with van der Waals surface area (Å²) in [5.41, 5.74) is 0.824. The average Bonchev–Trinajstić information content (AvgIpc) is 2.81. The van der Waals surface area contributed by atoms with E-state index in [2.05, 4.69) is 4.98 Å². The minimum absolute atomic E-state index is 0.181. The van der Waals surface area contributed by atoms with Crippen molar-refractivity contribution in [2.24, 2.45) is 0 Å². The molecule has 1 N–H and O–H groups in total. The number of carboxylic acids is 1. The summed E-state index contributed by atoms with van der Waals surface area (Å²) < 4.78 is 1.83. The number of amides is 1. The summed E-state index contributed by atoms with van der Waals surface area (Å²) >= 11 is 1.45. The van der Waals surface area contributed by atoms with Crippen molar-refractivity contribution in [3.63, 3.8) is 0 Å². The molecular weight excluding hydrogens is 242 g/mol. The van der Waals surface area contributed by atoms with Gasteiger partial charge in [0.05, 0.1) is 6.42 Å². The highest BCUT2D eigenvalue weighted by Crippen LogP contribution is 2.15. The molecule has 2 heterocycles. The number of carbonyl (C=O) groups is 2. The second-order valence-electron chi connectivity index (χ2n) is 3.63. The average molecular weight is 253 g/mol. The van der Waals surface area contributed by atoms with Gasteiger partial charge in [0.2, 0.25) is 5.91 Å². The molecule has 0 aliphatic carbocycles. The minimum atomic E-state index is -1.01. The Bertz CT molecular complexity index is 560. The molecule has 0 bridgehead atoms. The number of aromatic nitrogens is 2. The van der Waals surface area contributed by atoms with Crippen LogP contribution in [0, 0.1) is 0 Å². The zero-order valence-corrected chi connectivity index (χ0v) is 9.98. The van der Waals surface area contributed by atoms with Gasteiger partial charge in [0.25, 0.3) is 0 Å². The van der Waals surface area contributed by atoms with Crippen LogP contribution in [0.5, 0.6) is 0 Å². The van der Waals surface area contributed by atoms with Crippen LogP contribution in [0.4, 0.5) is 0 Å². The summed E-state index contributed by atoms with van der Waals surface area (Å²) in [6.07, 6.45) is 3.63. The largest absolute Gasteiger partial charge is 0.480 e. The van der Waals surface area contributed by atoms with Gasteiger partial charge in [-0.15, -0.1) is 11.3 Å². The zero-order valence-electron chi connectivity index (χ0n) is 9.16. The normalized spacial score (nSPS) is 10.6. The number of rotatable bonds is 4. The fourth-order valence-electron chi connectivity index (χ4n) is 1.48. The number of fused-ring (bicyclic) bond motifs is 1. The number of aliphatic carboxylic acids is 1. The van der Waals surface area contributed by atoms with E-state index in [-0.39, 0.29) is 18.9 Å². The van der Waals surface area contributed by atoms with Gasteiger partial charge in [-0.3, -0.25) is 14.0 Å². The third-order valence-electron chi connectivity index (χ3n) is 2.35. The zero-order chi connectivity index (χ0) is 12.4. The Morgan fingerprint density at radius 2 is 2.35 bits per heavy atom. The third-order valence-corrected chi connectivity index (χ3v) is 3.25. The maximum atomic E-state index is 11.7. The molecule has 2 rings (SSSR count). The predicted molar refractivity (Wildman–Crippen MR) is 62.0 cm³/mol. The lowest BCUT2D eigenvalue weighted by atomic mass is 10.3. The number of imidazole rings is 1. The first-order valence-electron chi connectivity index (χ1n) is 4.93. The predicted octanol–water partition coefficient (Wildman–Crippen LogP) is 0.481. The molecule has 2 aromatic heterocycles. The first kappa shape index (κ1) is 11.6. The molecular formula is C10H11N3O3S. The second kappa shape index (κ2) is 4.54. The van der Waals surface area contributed by atoms with Gasteiger partial charge >= 0.3 is 5.97 Å². The van der Waals surface area contributed by atoms with Crippen LogP contribution >= 0.6 is 11.3 Å². The molecule has 0 atom stereocenters. The van der Waals surface area contributed by atoms with Crippen molar-refractivity contribution in [3.8, 4) is 0 Å². The molecule has 0 aliphatic heterocycles. The van der Waals surface area contributed by atoms with Crippen LogP contribution in [0.3, 0.4) is 0 Å². The van der Waals surface area contributed by atoms with Gasteiger partial charge in [0, 0.05) is 30.5 Å². The van der Waals surface area contributed by atoms with Gasteiger partial charge in [0.1, 0.15) is 6.54 Å². The fourth-order valence-corrected chi connectivity index (χ4v) is 2.33. The molecule has 0 aromatic carbocycles. The number of hydrogen-bond acceptors (Lipinski definition) is 4. The van der Waals surface area contributed by atoms with Crippen molar-refractivity contribution >= 4 is 28.2 Å². The van der Waals surface area contributed by atoms with Gasteiger partial charge in [-0.2, -0.15) is 0 Å². The quantitative estimate of drug-likeness (QED) is 0.860. The van der Waals surface area contributed by atoms with Crippen molar-refractivity contribution in [1.82, 2.24) is 14.3 Å². The van der Waals surface area contributed by atoms with Crippen molar-refractivity contribution in [1.29, 1.82) is 0 Å². The molecule has 0 radical (unpaired) electrons. The summed E-state index contributed by atoms with van der Waals surface area (Å²) in [7, 11) is 1.48. The Morgan fingerprint density at radius 1 is 1.59 bits per heavy atom. The Balaban J connectivity index is 2.09. The Hall–Kier alpha value is -1.89. The Morgan fingerprint density at radius 3 is 3.06 bits per heavy atom. The molecule has 0 unspecified atom stereocenters. The van der Waals surface area contributed by atoms with Crippen molar-refractivity contribution < 1.29 is 14.7 Å². The van der Waals surface area contributed by atoms with Gasteiger partial charge in [-0.25, -0.2) is 4.98 Å². The summed E-state index contributed by atoms with van der Waals surface area (Å²) in [5, 5.41) is 10.4. The number of likely N-dealkylation sites (N-methyl/N-ethyl adjacent to an activating group) is 1. The highest BCUT2D eigenvalue weighted by Gasteiger charge is 2.15. The number of hydrogen-bond donors (Lipinski definition) is 1. The fraction of sp³-hybridized carbons (Fsp3) is 0.300. The van der Waals surface area contributed by atoms with E-state index in [1.54, 1.807) is 12.4 Å². The van der Waals surface area contributed by atoms with Crippen LogP contribution in [0.25, 0.3) is 4.96 Å².